The van der Waals surface area contributed by atoms with Gasteiger partial charge in [-0.3, -0.25) is 15.0 Å². The molecule has 1 atom stereocenters. The summed E-state index contributed by atoms with van der Waals surface area (Å²) >= 11 is 6.17. The van der Waals surface area contributed by atoms with Crippen molar-refractivity contribution < 1.29 is 18.0 Å². The summed E-state index contributed by atoms with van der Waals surface area (Å²) in [5, 5.41) is 3.98. The molecule has 2 amide bonds. The Kier molecular flexibility index (Phi) is 6.18. The maximum atomic E-state index is 12.9. The Labute approximate surface area is 191 Å². The summed E-state index contributed by atoms with van der Waals surface area (Å²) in [7, 11) is -3.76. The number of amidine groups is 1. The van der Waals surface area contributed by atoms with E-state index in [1.54, 1.807) is 31.2 Å². The SMILES string of the molecule is CC1N=C(C(=O)Nc2ccc(Cl)c(S(=O)(=O)N3CCCC3)c2)NN(c2ccccc2)C1=O. The molecule has 168 valence electrons. The van der Waals surface area contributed by atoms with E-state index in [0.717, 1.165) is 12.8 Å². The van der Waals surface area contributed by atoms with Gasteiger partial charge < -0.3 is 5.32 Å². The molecular formula is C21H22ClN5O4S. The van der Waals surface area contributed by atoms with E-state index in [2.05, 4.69) is 15.7 Å². The zero-order chi connectivity index (χ0) is 22.9. The van der Waals surface area contributed by atoms with Crippen molar-refractivity contribution in [1.82, 2.24) is 9.73 Å². The van der Waals surface area contributed by atoms with Crippen molar-refractivity contribution in [3.05, 3.63) is 53.6 Å². The van der Waals surface area contributed by atoms with Crippen LogP contribution in [0.25, 0.3) is 0 Å². The molecule has 9 nitrogen and oxygen atoms in total. The second-order valence-electron chi connectivity index (χ2n) is 7.49. The van der Waals surface area contributed by atoms with E-state index in [1.165, 1.54) is 27.5 Å². The van der Waals surface area contributed by atoms with Gasteiger partial charge in [0.2, 0.25) is 15.9 Å². The normalized spacial score (nSPS) is 19.4. The van der Waals surface area contributed by atoms with Gasteiger partial charge in [-0.25, -0.2) is 18.4 Å². The van der Waals surface area contributed by atoms with Crippen LogP contribution in [0.2, 0.25) is 5.02 Å². The summed E-state index contributed by atoms with van der Waals surface area (Å²) in [6.07, 6.45) is 1.60. The van der Waals surface area contributed by atoms with Crippen molar-refractivity contribution in [1.29, 1.82) is 0 Å². The van der Waals surface area contributed by atoms with E-state index in [0.29, 0.717) is 18.8 Å². The number of sulfonamides is 1. The maximum Gasteiger partial charge on any atom is 0.292 e. The Morgan fingerprint density at radius 3 is 2.53 bits per heavy atom. The van der Waals surface area contributed by atoms with Gasteiger partial charge in [-0.1, -0.05) is 29.8 Å². The maximum absolute atomic E-state index is 12.9. The highest BCUT2D eigenvalue weighted by atomic mass is 35.5. The Hall–Kier alpha value is -2.95. The van der Waals surface area contributed by atoms with Crippen LogP contribution in [0.15, 0.2) is 58.4 Å². The number of nitrogens with zero attached hydrogens (tertiary/aromatic N) is 3. The average molecular weight is 476 g/mol. The number of benzene rings is 2. The average Bonchev–Trinajstić information content (AvgIpc) is 3.33. The molecule has 1 unspecified atom stereocenters. The van der Waals surface area contributed by atoms with Gasteiger partial charge in [-0.15, -0.1) is 0 Å². The molecule has 32 heavy (non-hydrogen) atoms. The standard InChI is InChI=1S/C21H22ClN5O4S/c1-14-21(29)27(16-7-3-2-4-8-16)25-19(23-14)20(28)24-15-9-10-17(22)18(13-15)32(30,31)26-11-5-6-12-26/h2-4,7-10,13-14H,5-6,11-12H2,1H3,(H,23,25)(H,24,28). The van der Waals surface area contributed by atoms with Crippen LogP contribution < -0.4 is 15.8 Å². The predicted octanol–water partition coefficient (Wildman–Crippen LogP) is 2.40. The number of para-hydroxylation sites is 1. The highest BCUT2D eigenvalue weighted by Gasteiger charge is 2.32. The third kappa shape index (κ3) is 4.34. The zero-order valence-electron chi connectivity index (χ0n) is 17.3. The lowest BCUT2D eigenvalue weighted by molar-refractivity contribution is -0.120. The van der Waals surface area contributed by atoms with Crippen molar-refractivity contribution in [2.75, 3.05) is 23.4 Å². The van der Waals surface area contributed by atoms with Crippen molar-refractivity contribution >= 4 is 50.6 Å². The van der Waals surface area contributed by atoms with Crippen LogP contribution in [0.5, 0.6) is 0 Å². The monoisotopic (exact) mass is 475 g/mol. The van der Waals surface area contributed by atoms with Crippen molar-refractivity contribution in [3.63, 3.8) is 0 Å². The van der Waals surface area contributed by atoms with Gasteiger partial charge in [0.05, 0.1) is 10.7 Å². The van der Waals surface area contributed by atoms with Gasteiger partial charge in [0.25, 0.3) is 11.8 Å². The smallest absolute Gasteiger partial charge is 0.292 e. The molecule has 0 bridgehead atoms. The highest BCUT2D eigenvalue weighted by Crippen LogP contribution is 2.29. The first-order valence-corrected chi connectivity index (χ1v) is 11.9. The number of amides is 2. The molecule has 0 spiro atoms. The van der Waals surface area contributed by atoms with E-state index in [4.69, 9.17) is 11.6 Å². The molecule has 1 saturated heterocycles. The number of hydrogen-bond donors (Lipinski definition) is 2. The molecule has 2 aliphatic rings. The lowest BCUT2D eigenvalue weighted by Crippen LogP contribution is -2.57. The van der Waals surface area contributed by atoms with Crippen LogP contribution in [0.4, 0.5) is 11.4 Å². The first-order chi connectivity index (χ1) is 15.3. The number of nitrogens with one attached hydrogen (secondary N) is 2. The number of aliphatic imine (C=N–C) groups is 1. The molecule has 2 N–H and O–H groups in total. The van der Waals surface area contributed by atoms with Crippen LogP contribution in [0.3, 0.4) is 0 Å². The second-order valence-corrected chi connectivity index (χ2v) is 9.80. The fourth-order valence-electron chi connectivity index (χ4n) is 3.54. The summed E-state index contributed by atoms with van der Waals surface area (Å²) in [5.74, 6) is -0.991. The fraction of sp³-hybridized carbons (Fsp3) is 0.286. The Morgan fingerprint density at radius 1 is 1.16 bits per heavy atom. The van der Waals surface area contributed by atoms with E-state index in [9.17, 15) is 18.0 Å². The lowest BCUT2D eigenvalue weighted by Gasteiger charge is -2.30. The van der Waals surface area contributed by atoms with Gasteiger partial charge in [0, 0.05) is 18.8 Å². The van der Waals surface area contributed by atoms with Crippen LogP contribution in [-0.4, -0.2) is 49.5 Å². The Bertz CT molecular complexity index is 1180. The van der Waals surface area contributed by atoms with Gasteiger partial charge in [0.1, 0.15) is 10.9 Å². The molecule has 2 heterocycles. The first-order valence-electron chi connectivity index (χ1n) is 10.1. The van der Waals surface area contributed by atoms with Gasteiger partial charge in [-0.2, -0.15) is 4.31 Å². The number of anilines is 2. The summed E-state index contributed by atoms with van der Waals surface area (Å²) in [6.45, 7) is 2.48. The van der Waals surface area contributed by atoms with E-state index >= 15 is 0 Å². The zero-order valence-corrected chi connectivity index (χ0v) is 18.9. The molecule has 2 aromatic carbocycles. The Morgan fingerprint density at radius 2 is 1.84 bits per heavy atom. The summed E-state index contributed by atoms with van der Waals surface area (Å²) in [6, 6.07) is 12.3. The third-order valence-corrected chi connectivity index (χ3v) is 7.60. The molecular weight excluding hydrogens is 454 g/mol. The minimum absolute atomic E-state index is 0.0631. The molecule has 4 rings (SSSR count). The Balaban J connectivity index is 1.56. The minimum Gasteiger partial charge on any atom is -0.319 e. The van der Waals surface area contributed by atoms with E-state index in [-0.39, 0.29) is 27.3 Å². The third-order valence-electron chi connectivity index (χ3n) is 5.22. The second kappa shape index (κ2) is 8.89. The summed E-state index contributed by atoms with van der Waals surface area (Å²) in [4.78, 5) is 29.4. The molecule has 0 aromatic heterocycles. The molecule has 11 heteroatoms. The molecule has 2 aromatic rings. The lowest BCUT2D eigenvalue weighted by atomic mass is 10.2. The van der Waals surface area contributed by atoms with Crippen molar-refractivity contribution in [2.45, 2.75) is 30.7 Å². The minimum atomic E-state index is -3.76. The summed E-state index contributed by atoms with van der Waals surface area (Å²) in [5.41, 5.74) is 3.55. The van der Waals surface area contributed by atoms with E-state index < -0.39 is 22.0 Å². The predicted molar refractivity (Wildman–Crippen MR) is 122 cm³/mol. The quantitative estimate of drug-likeness (QED) is 0.689. The van der Waals surface area contributed by atoms with E-state index in [1.807, 2.05) is 6.07 Å². The number of carbonyl (C=O) groups excluding carboxylic acids is 2. The number of carbonyl (C=O) groups is 2. The number of hydrazine groups is 1. The first kappa shape index (κ1) is 22.3. The largest absolute Gasteiger partial charge is 0.319 e. The van der Waals surface area contributed by atoms with Crippen LogP contribution >= 0.6 is 11.6 Å². The van der Waals surface area contributed by atoms with Crippen LogP contribution in [-0.2, 0) is 19.6 Å². The fourth-order valence-corrected chi connectivity index (χ4v) is 5.56. The molecule has 1 fully saturated rings. The topological polar surface area (TPSA) is 111 Å². The van der Waals surface area contributed by atoms with Gasteiger partial charge >= 0.3 is 0 Å². The van der Waals surface area contributed by atoms with Gasteiger partial charge in [0.15, 0.2) is 0 Å². The van der Waals surface area contributed by atoms with Crippen LogP contribution in [0, 0.1) is 0 Å². The van der Waals surface area contributed by atoms with Crippen LogP contribution in [0.1, 0.15) is 19.8 Å². The molecule has 2 aliphatic heterocycles. The molecule has 0 saturated carbocycles. The van der Waals surface area contributed by atoms with Crippen molar-refractivity contribution in [2.24, 2.45) is 4.99 Å². The number of rotatable bonds is 5. The van der Waals surface area contributed by atoms with Crippen molar-refractivity contribution in [3.8, 4) is 0 Å². The summed E-state index contributed by atoms with van der Waals surface area (Å²) < 4.78 is 27.2. The highest BCUT2D eigenvalue weighted by molar-refractivity contribution is 7.89. The molecule has 0 aliphatic carbocycles. The number of halogens is 1. The van der Waals surface area contributed by atoms with Gasteiger partial charge in [-0.05, 0) is 50.1 Å². The number of hydrogen-bond acceptors (Lipinski definition) is 6. The molecule has 0 radical (unpaired) electrons.